The minimum absolute atomic E-state index is 0.0972. The van der Waals surface area contributed by atoms with Crippen LogP contribution in [-0.2, 0) is 37.3 Å². The van der Waals surface area contributed by atoms with Crippen molar-refractivity contribution in [2.24, 2.45) is 5.73 Å². The van der Waals surface area contributed by atoms with E-state index in [4.69, 9.17) is 19.9 Å². The molecule has 2 atom stereocenters. The lowest BCUT2D eigenvalue weighted by molar-refractivity contribution is -0.145. The number of nitrogens with zero attached hydrogens (tertiary/aromatic N) is 1. The Morgan fingerprint density at radius 2 is 1.94 bits per heavy atom. The molecule has 180 valence electrons. The number of carbonyl (C=O) groups is 1. The summed E-state index contributed by atoms with van der Waals surface area (Å²) in [7, 11) is -2.25. The summed E-state index contributed by atoms with van der Waals surface area (Å²) in [5, 5.41) is 0. The first-order valence-corrected chi connectivity index (χ1v) is 12.8. The first-order chi connectivity index (χ1) is 15.7. The van der Waals surface area contributed by atoms with Gasteiger partial charge < -0.3 is 19.9 Å². The van der Waals surface area contributed by atoms with Gasteiger partial charge in [0.1, 0.15) is 0 Å². The predicted molar refractivity (Wildman–Crippen MR) is 126 cm³/mol. The summed E-state index contributed by atoms with van der Waals surface area (Å²) in [6, 6.07) is 14.8. The van der Waals surface area contributed by atoms with Crippen LogP contribution in [0.2, 0.25) is 0 Å². The Kier molecular flexibility index (Phi) is 8.12. The minimum atomic E-state index is -3.53. The van der Waals surface area contributed by atoms with Crippen molar-refractivity contribution < 1.29 is 27.4 Å². The zero-order valence-electron chi connectivity index (χ0n) is 19.3. The summed E-state index contributed by atoms with van der Waals surface area (Å²) in [4.78, 5) is 12.2. The van der Waals surface area contributed by atoms with Crippen molar-refractivity contribution in [2.75, 3.05) is 30.8 Å². The van der Waals surface area contributed by atoms with Crippen molar-refractivity contribution in [2.45, 2.75) is 44.6 Å². The number of ether oxygens (including phenoxy) is 3. The second-order valence-electron chi connectivity index (χ2n) is 8.37. The monoisotopic (exact) mass is 476 g/mol. The highest BCUT2D eigenvalue weighted by Gasteiger charge is 2.41. The summed E-state index contributed by atoms with van der Waals surface area (Å²) in [6.45, 7) is 2.76. The summed E-state index contributed by atoms with van der Waals surface area (Å²) < 4.78 is 42.7. The Morgan fingerprint density at radius 1 is 1.21 bits per heavy atom. The smallest absolute Gasteiger partial charge is 0.337 e. The predicted octanol–water partition coefficient (Wildman–Crippen LogP) is 2.85. The van der Waals surface area contributed by atoms with E-state index >= 15 is 0 Å². The van der Waals surface area contributed by atoms with Crippen LogP contribution in [0, 0.1) is 0 Å². The highest BCUT2D eigenvalue weighted by Crippen LogP contribution is 2.30. The molecule has 0 bridgehead atoms. The molecule has 8 nitrogen and oxygen atoms in total. The van der Waals surface area contributed by atoms with Crippen LogP contribution in [0.25, 0.3) is 0 Å². The number of carbonyl (C=O) groups excluding carboxylic acids is 1. The fraction of sp³-hybridized carbons (Fsp3) is 0.458. The first kappa shape index (κ1) is 25.2. The molecule has 0 amide bonds. The molecule has 2 aromatic carbocycles. The molecule has 0 saturated carbocycles. The van der Waals surface area contributed by atoms with Crippen LogP contribution in [-0.4, -0.2) is 52.7 Å². The summed E-state index contributed by atoms with van der Waals surface area (Å²) in [5.74, 6) is -0.558. The van der Waals surface area contributed by atoms with E-state index in [1.165, 1.54) is 17.5 Å². The number of methoxy groups -OCH3 is 1. The summed E-state index contributed by atoms with van der Waals surface area (Å²) in [5.41, 5.74) is 8.32. The number of benzene rings is 2. The zero-order valence-corrected chi connectivity index (χ0v) is 20.1. The van der Waals surface area contributed by atoms with Gasteiger partial charge in [-0.15, -0.1) is 0 Å². The maximum atomic E-state index is 12.4. The fourth-order valence-electron chi connectivity index (χ4n) is 4.00. The van der Waals surface area contributed by atoms with E-state index < -0.39 is 27.8 Å². The summed E-state index contributed by atoms with van der Waals surface area (Å²) >= 11 is 0. The van der Waals surface area contributed by atoms with Gasteiger partial charge in [0.25, 0.3) is 0 Å². The molecule has 0 aliphatic carbocycles. The molecule has 0 radical (unpaired) electrons. The van der Waals surface area contributed by atoms with Crippen LogP contribution in [0.4, 0.5) is 5.69 Å². The Labute approximate surface area is 195 Å². The van der Waals surface area contributed by atoms with Crippen LogP contribution in [0.3, 0.4) is 0 Å². The third-order valence-corrected chi connectivity index (χ3v) is 6.79. The van der Waals surface area contributed by atoms with Gasteiger partial charge in [0.05, 0.1) is 43.4 Å². The molecule has 3 rings (SSSR count). The lowest BCUT2D eigenvalue weighted by atomic mass is 9.90. The van der Waals surface area contributed by atoms with Crippen molar-refractivity contribution in [3.63, 3.8) is 0 Å². The minimum Gasteiger partial charge on any atom is -0.465 e. The average Bonchev–Trinajstić information content (AvgIpc) is 3.14. The Bertz CT molecular complexity index is 1060. The molecule has 1 aliphatic rings. The van der Waals surface area contributed by atoms with Crippen LogP contribution in [0.5, 0.6) is 0 Å². The van der Waals surface area contributed by atoms with Gasteiger partial charge in [0.2, 0.25) is 10.0 Å². The average molecular weight is 477 g/mol. The zero-order chi connectivity index (χ0) is 24.1. The van der Waals surface area contributed by atoms with Crippen molar-refractivity contribution in [1.29, 1.82) is 0 Å². The molecule has 1 fully saturated rings. The van der Waals surface area contributed by atoms with Gasteiger partial charge in [0, 0.05) is 6.54 Å². The Hall–Kier alpha value is -2.46. The lowest BCUT2D eigenvalue weighted by Gasteiger charge is -2.30. The van der Waals surface area contributed by atoms with Crippen molar-refractivity contribution in [3.05, 3.63) is 65.2 Å². The third kappa shape index (κ3) is 6.32. The van der Waals surface area contributed by atoms with Crippen molar-refractivity contribution >= 4 is 21.7 Å². The Morgan fingerprint density at radius 3 is 2.58 bits per heavy atom. The SMILES string of the molecule is CCCN(c1cc(COC2OCCC2(N)Cc2ccccc2)cc(C(=O)OC)c1)S(C)(=O)=O. The van der Waals surface area contributed by atoms with E-state index in [-0.39, 0.29) is 12.2 Å². The van der Waals surface area contributed by atoms with Crippen LogP contribution < -0.4 is 10.0 Å². The molecular formula is C24H32N2O6S. The van der Waals surface area contributed by atoms with Gasteiger partial charge >= 0.3 is 5.97 Å². The van der Waals surface area contributed by atoms with E-state index in [0.29, 0.717) is 43.7 Å². The molecule has 1 aliphatic heterocycles. The number of nitrogens with two attached hydrogens (primary N) is 1. The normalized spacial score (nSPS) is 20.5. The molecular weight excluding hydrogens is 444 g/mol. The quantitative estimate of drug-likeness (QED) is 0.525. The molecule has 0 spiro atoms. The van der Waals surface area contributed by atoms with E-state index in [1.807, 2.05) is 37.3 Å². The van der Waals surface area contributed by atoms with Gasteiger partial charge in [-0.25, -0.2) is 13.2 Å². The standard InChI is InChI=1S/C24H32N2O6S/c1-4-11-26(33(3,28)29)21-14-19(13-20(15-21)22(27)30-2)17-32-23-24(25,10-12-31-23)16-18-8-6-5-7-9-18/h5-9,13-15,23H,4,10-12,16-17,25H2,1-3H3. The maximum Gasteiger partial charge on any atom is 0.337 e. The van der Waals surface area contributed by atoms with Crippen LogP contribution in [0.1, 0.15) is 41.3 Å². The van der Waals surface area contributed by atoms with E-state index in [9.17, 15) is 13.2 Å². The number of rotatable bonds is 10. The van der Waals surface area contributed by atoms with Crippen LogP contribution >= 0.6 is 0 Å². The van der Waals surface area contributed by atoms with Crippen molar-refractivity contribution in [3.8, 4) is 0 Å². The fourth-order valence-corrected chi connectivity index (χ4v) is 5.00. The molecule has 0 aromatic heterocycles. The largest absolute Gasteiger partial charge is 0.465 e. The van der Waals surface area contributed by atoms with Gasteiger partial charge in [-0.05, 0) is 48.6 Å². The van der Waals surface area contributed by atoms with Gasteiger partial charge in [-0.1, -0.05) is 37.3 Å². The number of esters is 1. The molecule has 33 heavy (non-hydrogen) atoms. The van der Waals surface area contributed by atoms with Gasteiger partial charge in [-0.2, -0.15) is 0 Å². The van der Waals surface area contributed by atoms with Crippen molar-refractivity contribution in [1.82, 2.24) is 0 Å². The van der Waals surface area contributed by atoms with E-state index in [0.717, 1.165) is 11.8 Å². The molecule has 1 heterocycles. The highest BCUT2D eigenvalue weighted by molar-refractivity contribution is 7.92. The number of sulfonamides is 1. The second kappa shape index (κ2) is 10.6. The third-order valence-electron chi connectivity index (χ3n) is 5.60. The van der Waals surface area contributed by atoms with E-state index in [1.54, 1.807) is 12.1 Å². The Balaban J connectivity index is 1.84. The second-order valence-corrected chi connectivity index (χ2v) is 10.3. The number of hydrogen-bond acceptors (Lipinski definition) is 7. The van der Waals surface area contributed by atoms with E-state index in [2.05, 4.69) is 0 Å². The maximum absolute atomic E-state index is 12.4. The molecule has 2 aromatic rings. The molecule has 2 unspecified atom stereocenters. The van der Waals surface area contributed by atoms with Crippen LogP contribution in [0.15, 0.2) is 48.5 Å². The molecule has 2 N–H and O–H groups in total. The number of anilines is 1. The lowest BCUT2D eigenvalue weighted by Crippen LogP contribution is -2.50. The van der Waals surface area contributed by atoms with Gasteiger partial charge in [-0.3, -0.25) is 4.31 Å². The summed E-state index contributed by atoms with van der Waals surface area (Å²) in [6.07, 6.45) is 2.38. The molecule has 1 saturated heterocycles. The number of hydrogen-bond donors (Lipinski definition) is 1. The highest BCUT2D eigenvalue weighted by atomic mass is 32.2. The molecule has 9 heteroatoms. The van der Waals surface area contributed by atoms with Gasteiger partial charge in [0.15, 0.2) is 6.29 Å². The first-order valence-electron chi connectivity index (χ1n) is 10.9. The topological polar surface area (TPSA) is 108 Å².